The monoisotopic (exact) mass is 410 g/mol. The number of anilines is 2. The summed E-state index contributed by atoms with van der Waals surface area (Å²) in [6, 6.07) is 15.5. The number of nitrogens with zero attached hydrogens (tertiary/aromatic N) is 3. The molecule has 0 radical (unpaired) electrons. The summed E-state index contributed by atoms with van der Waals surface area (Å²) < 4.78 is 13.2. The van der Waals surface area contributed by atoms with Crippen LogP contribution in [0.3, 0.4) is 0 Å². The number of hydrogen-bond donors (Lipinski definition) is 1. The van der Waals surface area contributed by atoms with E-state index in [1.165, 1.54) is 23.4 Å². The summed E-state index contributed by atoms with van der Waals surface area (Å²) in [5, 5.41) is 3.18. The molecule has 0 aromatic heterocycles. The van der Waals surface area contributed by atoms with Gasteiger partial charge in [-0.25, -0.2) is 4.39 Å². The molecule has 1 unspecified atom stereocenters. The largest absolute Gasteiger partial charge is 0.378 e. The summed E-state index contributed by atoms with van der Waals surface area (Å²) >= 11 is 0. The minimum Gasteiger partial charge on any atom is -0.378 e. The van der Waals surface area contributed by atoms with Crippen LogP contribution in [0.1, 0.15) is 24.4 Å². The molecule has 160 valence electrons. The third-order valence-electron chi connectivity index (χ3n) is 6.16. The normalized spacial score (nSPS) is 18.2. The van der Waals surface area contributed by atoms with E-state index in [1.54, 1.807) is 0 Å². The standard InChI is InChI=1S/C24H31FN4O/c1-27(2)21-9-5-18(6-10-21)23(17-26-24(30)19-3-4-19)29-15-13-28(14-16-29)22-11-7-20(25)8-12-22/h5-12,19,23H,3-4,13-17H2,1-2H3,(H,26,30). The number of carbonyl (C=O) groups is 1. The molecule has 30 heavy (non-hydrogen) atoms. The molecule has 1 saturated heterocycles. The zero-order valence-corrected chi connectivity index (χ0v) is 17.9. The number of halogens is 1. The van der Waals surface area contributed by atoms with Crippen LogP contribution in [0.25, 0.3) is 0 Å². The van der Waals surface area contributed by atoms with Gasteiger partial charge < -0.3 is 15.1 Å². The number of hydrogen-bond acceptors (Lipinski definition) is 4. The van der Waals surface area contributed by atoms with Crippen molar-refractivity contribution in [3.63, 3.8) is 0 Å². The van der Waals surface area contributed by atoms with Crippen molar-refractivity contribution in [1.29, 1.82) is 0 Å². The number of benzene rings is 2. The van der Waals surface area contributed by atoms with E-state index in [-0.39, 0.29) is 23.7 Å². The fraction of sp³-hybridized carbons (Fsp3) is 0.458. The van der Waals surface area contributed by atoms with Gasteiger partial charge in [0.25, 0.3) is 0 Å². The van der Waals surface area contributed by atoms with Crippen LogP contribution in [0.4, 0.5) is 15.8 Å². The molecule has 1 aliphatic heterocycles. The predicted octanol–water partition coefficient (Wildman–Crippen LogP) is 3.28. The maximum atomic E-state index is 13.2. The third kappa shape index (κ3) is 4.93. The predicted molar refractivity (Wildman–Crippen MR) is 119 cm³/mol. The molecule has 4 rings (SSSR count). The summed E-state index contributed by atoms with van der Waals surface area (Å²) in [6.45, 7) is 4.20. The van der Waals surface area contributed by atoms with Crippen LogP contribution < -0.4 is 15.1 Å². The minimum atomic E-state index is -0.204. The van der Waals surface area contributed by atoms with Gasteiger partial charge in [0.15, 0.2) is 0 Å². The Bertz CT molecular complexity index is 841. The van der Waals surface area contributed by atoms with Gasteiger partial charge in [0.05, 0.1) is 6.04 Å². The van der Waals surface area contributed by atoms with E-state index in [1.807, 2.05) is 26.2 Å². The molecular formula is C24H31FN4O. The number of nitrogens with one attached hydrogen (secondary N) is 1. The average Bonchev–Trinajstić information content (AvgIpc) is 3.61. The van der Waals surface area contributed by atoms with Gasteiger partial charge in [-0.1, -0.05) is 12.1 Å². The molecule has 0 spiro atoms. The zero-order chi connectivity index (χ0) is 21.1. The molecule has 2 aromatic rings. The third-order valence-corrected chi connectivity index (χ3v) is 6.16. The fourth-order valence-corrected chi connectivity index (χ4v) is 4.08. The molecule has 1 amide bonds. The summed E-state index contributed by atoms with van der Waals surface area (Å²) in [5.74, 6) is 0.206. The van der Waals surface area contributed by atoms with Gasteiger partial charge in [0.2, 0.25) is 5.91 Å². The minimum absolute atomic E-state index is 0.152. The smallest absolute Gasteiger partial charge is 0.223 e. The number of piperazine rings is 1. The lowest BCUT2D eigenvalue weighted by molar-refractivity contribution is -0.122. The van der Waals surface area contributed by atoms with Gasteiger partial charge in [0.1, 0.15) is 5.82 Å². The topological polar surface area (TPSA) is 38.8 Å². The van der Waals surface area contributed by atoms with E-state index in [4.69, 9.17) is 0 Å². The maximum Gasteiger partial charge on any atom is 0.223 e. The number of amides is 1. The first-order chi connectivity index (χ1) is 14.5. The first kappa shape index (κ1) is 20.7. The van der Waals surface area contributed by atoms with Gasteiger partial charge in [-0.2, -0.15) is 0 Å². The fourth-order valence-electron chi connectivity index (χ4n) is 4.08. The van der Waals surface area contributed by atoms with Crippen LogP contribution in [-0.2, 0) is 4.79 Å². The van der Waals surface area contributed by atoms with E-state index in [2.05, 4.69) is 44.3 Å². The Labute approximate surface area is 178 Å². The summed E-state index contributed by atoms with van der Waals surface area (Å²) in [4.78, 5) is 19.1. The summed E-state index contributed by atoms with van der Waals surface area (Å²) in [6.07, 6.45) is 2.04. The Hall–Kier alpha value is -2.60. The van der Waals surface area contributed by atoms with Crippen LogP contribution in [0.15, 0.2) is 48.5 Å². The zero-order valence-electron chi connectivity index (χ0n) is 17.9. The van der Waals surface area contributed by atoms with E-state index in [9.17, 15) is 9.18 Å². The maximum absolute atomic E-state index is 13.2. The van der Waals surface area contributed by atoms with Crippen LogP contribution in [0.2, 0.25) is 0 Å². The Morgan fingerprint density at radius 2 is 1.67 bits per heavy atom. The van der Waals surface area contributed by atoms with Crippen molar-refractivity contribution in [3.05, 3.63) is 59.9 Å². The molecule has 1 aliphatic carbocycles. The van der Waals surface area contributed by atoms with Gasteiger partial charge in [-0.3, -0.25) is 9.69 Å². The molecule has 0 bridgehead atoms. The highest BCUT2D eigenvalue weighted by Crippen LogP contribution is 2.30. The van der Waals surface area contributed by atoms with Crippen LogP contribution in [-0.4, -0.2) is 57.6 Å². The number of rotatable bonds is 7. The molecule has 6 heteroatoms. The van der Waals surface area contributed by atoms with Gasteiger partial charge in [0, 0.05) is 64.1 Å². The molecule has 2 aliphatic rings. The van der Waals surface area contributed by atoms with Crippen molar-refractivity contribution in [2.45, 2.75) is 18.9 Å². The van der Waals surface area contributed by atoms with Crippen LogP contribution in [0.5, 0.6) is 0 Å². The first-order valence-corrected chi connectivity index (χ1v) is 10.8. The Kier molecular flexibility index (Phi) is 6.23. The lowest BCUT2D eigenvalue weighted by atomic mass is 10.0. The van der Waals surface area contributed by atoms with Gasteiger partial charge in [-0.15, -0.1) is 0 Å². The molecule has 1 atom stereocenters. The molecule has 1 N–H and O–H groups in total. The summed E-state index contributed by atoms with van der Waals surface area (Å²) in [5.41, 5.74) is 3.46. The highest BCUT2D eigenvalue weighted by Gasteiger charge is 2.31. The second-order valence-electron chi connectivity index (χ2n) is 8.52. The lowest BCUT2D eigenvalue weighted by Gasteiger charge is -2.40. The molecule has 1 saturated carbocycles. The molecule has 5 nitrogen and oxygen atoms in total. The highest BCUT2D eigenvalue weighted by atomic mass is 19.1. The first-order valence-electron chi connectivity index (χ1n) is 10.8. The van der Waals surface area contributed by atoms with Gasteiger partial charge in [-0.05, 0) is 54.8 Å². The second kappa shape index (κ2) is 9.04. The van der Waals surface area contributed by atoms with Crippen molar-refractivity contribution in [2.24, 2.45) is 5.92 Å². The van der Waals surface area contributed by atoms with E-state index in [0.717, 1.165) is 44.7 Å². The lowest BCUT2D eigenvalue weighted by Crippen LogP contribution is -2.50. The summed E-state index contributed by atoms with van der Waals surface area (Å²) in [7, 11) is 4.08. The number of carbonyl (C=O) groups excluding carboxylic acids is 1. The van der Waals surface area contributed by atoms with Crippen LogP contribution in [0, 0.1) is 11.7 Å². The van der Waals surface area contributed by atoms with E-state index < -0.39 is 0 Å². The Morgan fingerprint density at radius 3 is 2.23 bits per heavy atom. The van der Waals surface area contributed by atoms with Crippen molar-refractivity contribution in [1.82, 2.24) is 10.2 Å². The van der Waals surface area contributed by atoms with E-state index >= 15 is 0 Å². The molecule has 2 fully saturated rings. The van der Waals surface area contributed by atoms with Gasteiger partial charge >= 0.3 is 0 Å². The molecule has 2 aromatic carbocycles. The van der Waals surface area contributed by atoms with E-state index in [0.29, 0.717) is 6.54 Å². The van der Waals surface area contributed by atoms with Crippen molar-refractivity contribution in [3.8, 4) is 0 Å². The average molecular weight is 411 g/mol. The van der Waals surface area contributed by atoms with Crippen molar-refractivity contribution >= 4 is 17.3 Å². The van der Waals surface area contributed by atoms with Crippen LogP contribution >= 0.6 is 0 Å². The van der Waals surface area contributed by atoms with Crippen molar-refractivity contribution < 1.29 is 9.18 Å². The quantitative estimate of drug-likeness (QED) is 0.760. The second-order valence-corrected chi connectivity index (χ2v) is 8.52. The molecule has 1 heterocycles. The van der Waals surface area contributed by atoms with Crippen molar-refractivity contribution in [2.75, 3.05) is 56.6 Å². The Balaban J connectivity index is 1.44. The molecular weight excluding hydrogens is 379 g/mol. The SMILES string of the molecule is CN(C)c1ccc(C(CNC(=O)C2CC2)N2CCN(c3ccc(F)cc3)CC2)cc1. The highest BCUT2D eigenvalue weighted by molar-refractivity contribution is 5.80. The Morgan fingerprint density at radius 1 is 1.03 bits per heavy atom.